The van der Waals surface area contributed by atoms with Crippen LogP contribution in [0.25, 0.3) is 10.2 Å². The average Bonchev–Trinajstić information content (AvgIpc) is 3.35. The number of halogens is 1. The largest absolute Gasteiger partial charge is 0.298 e. The minimum absolute atomic E-state index is 0.0219. The van der Waals surface area contributed by atoms with Gasteiger partial charge < -0.3 is 0 Å². The van der Waals surface area contributed by atoms with Crippen LogP contribution >= 0.6 is 22.7 Å². The molecule has 32 heavy (non-hydrogen) atoms. The Morgan fingerprint density at radius 2 is 2.22 bits per heavy atom. The zero-order valence-electron chi connectivity index (χ0n) is 18.2. The number of fused-ring (bicyclic) bond motifs is 3. The predicted molar refractivity (Wildman–Crippen MR) is 128 cm³/mol. The highest BCUT2D eigenvalue weighted by Crippen LogP contribution is 2.35. The highest BCUT2D eigenvalue weighted by Gasteiger charge is 2.27. The van der Waals surface area contributed by atoms with Gasteiger partial charge in [0.05, 0.1) is 22.4 Å². The van der Waals surface area contributed by atoms with E-state index in [0.717, 1.165) is 52.3 Å². The van der Waals surface area contributed by atoms with Crippen LogP contribution in [0.15, 0.2) is 40.8 Å². The number of hydrogen-bond acceptors (Lipinski definition) is 6. The Bertz CT molecular complexity index is 1330. The van der Waals surface area contributed by atoms with E-state index in [1.54, 1.807) is 39.6 Å². The molecule has 1 aromatic carbocycles. The fraction of sp³-hybridized carbons (Fsp3) is 0.375. The van der Waals surface area contributed by atoms with Crippen LogP contribution in [0.1, 0.15) is 33.1 Å². The van der Waals surface area contributed by atoms with Gasteiger partial charge in [-0.25, -0.2) is 14.4 Å². The molecule has 0 saturated carbocycles. The molecule has 5 rings (SSSR count). The molecule has 0 radical (unpaired) electrons. The van der Waals surface area contributed by atoms with Gasteiger partial charge in [-0.2, -0.15) is 0 Å². The van der Waals surface area contributed by atoms with Crippen LogP contribution in [-0.4, -0.2) is 32.5 Å². The van der Waals surface area contributed by atoms with Crippen molar-refractivity contribution in [3.8, 4) is 0 Å². The van der Waals surface area contributed by atoms with Gasteiger partial charge in [0.2, 0.25) is 0 Å². The third-order valence-corrected chi connectivity index (χ3v) is 8.23. The summed E-state index contributed by atoms with van der Waals surface area (Å²) in [5.41, 5.74) is 3.20. The van der Waals surface area contributed by atoms with Crippen molar-refractivity contribution in [1.82, 2.24) is 19.4 Å². The van der Waals surface area contributed by atoms with E-state index < -0.39 is 0 Å². The molecule has 0 spiro atoms. The molecule has 8 heteroatoms. The van der Waals surface area contributed by atoms with E-state index in [4.69, 9.17) is 0 Å². The third-order valence-electron chi connectivity index (χ3n) is 6.24. The summed E-state index contributed by atoms with van der Waals surface area (Å²) in [5, 5.41) is 4.02. The van der Waals surface area contributed by atoms with Crippen molar-refractivity contribution in [1.29, 1.82) is 0 Å². The molecule has 0 amide bonds. The van der Waals surface area contributed by atoms with Crippen LogP contribution in [0, 0.1) is 12.7 Å². The SMILES string of the molecule is Cc1nc(CN(C)C2CCc3c(sc4ncn(CCc5cccc(F)c5)c(=O)c34)C2)cs1. The van der Waals surface area contributed by atoms with Crippen LogP contribution in [0.4, 0.5) is 4.39 Å². The lowest BCUT2D eigenvalue weighted by atomic mass is 9.92. The zero-order chi connectivity index (χ0) is 22.2. The molecule has 1 aliphatic rings. The number of benzene rings is 1. The van der Waals surface area contributed by atoms with Gasteiger partial charge >= 0.3 is 0 Å². The fourth-order valence-corrected chi connectivity index (χ4v) is 6.38. The standard InChI is InChI=1S/C24H25FN4OS2/c1-15-27-18(13-31-15)12-28(2)19-6-7-20-21(11-19)32-23-22(20)24(30)29(14-26-23)9-8-16-4-3-5-17(25)10-16/h3-5,10,13-14,19H,6-9,11-12H2,1-2H3. The Labute approximate surface area is 194 Å². The van der Waals surface area contributed by atoms with Crippen LogP contribution in [0.5, 0.6) is 0 Å². The maximum Gasteiger partial charge on any atom is 0.262 e. The van der Waals surface area contributed by atoms with Gasteiger partial charge in [0.25, 0.3) is 5.56 Å². The predicted octanol–water partition coefficient (Wildman–Crippen LogP) is 4.59. The first-order chi connectivity index (χ1) is 15.5. The lowest BCUT2D eigenvalue weighted by molar-refractivity contribution is 0.213. The number of nitrogens with zero attached hydrogens (tertiary/aromatic N) is 4. The molecule has 1 unspecified atom stereocenters. The van der Waals surface area contributed by atoms with Crippen molar-refractivity contribution < 1.29 is 4.39 Å². The minimum atomic E-state index is -0.250. The molecule has 1 atom stereocenters. The van der Waals surface area contributed by atoms with E-state index in [9.17, 15) is 9.18 Å². The smallest absolute Gasteiger partial charge is 0.262 e. The second-order valence-electron chi connectivity index (χ2n) is 8.48. The highest BCUT2D eigenvalue weighted by atomic mass is 32.1. The van der Waals surface area contributed by atoms with Gasteiger partial charge in [-0.1, -0.05) is 12.1 Å². The Hall–Kier alpha value is -2.42. The van der Waals surface area contributed by atoms with E-state index in [-0.39, 0.29) is 11.4 Å². The molecule has 0 aliphatic heterocycles. The van der Waals surface area contributed by atoms with E-state index in [2.05, 4.69) is 27.3 Å². The molecule has 0 bridgehead atoms. The summed E-state index contributed by atoms with van der Waals surface area (Å²) in [6, 6.07) is 6.98. The van der Waals surface area contributed by atoms with Gasteiger partial charge in [0, 0.05) is 29.4 Å². The Morgan fingerprint density at radius 3 is 3.00 bits per heavy atom. The number of rotatable bonds is 6. The van der Waals surface area contributed by atoms with Gasteiger partial charge in [0.15, 0.2) is 0 Å². The number of aryl methyl sites for hydroxylation is 4. The van der Waals surface area contributed by atoms with Crippen molar-refractivity contribution in [2.45, 2.75) is 51.7 Å². The Kier molecular flexibility index (Phi) is 5.92. The molecule has 0 fully saturated rings. The normalized spacial score (nSPS) is 16.1. The summed E-state index contributed by atoms with van der Waals surface area (Å²) in [7, 11) is 2.16. The molecule has 3 heterocycles. The first-order valence-electron chi connectivity index (χ1n) is 10.8. The summed E-state index contributed by atoms with van der Waals surface area (Å²) in [5.74, 6) is -0.250. The summed E-state index contributed by atoms with van der Waals surface area (Å²) in [4.78, 5) is 26.9. The summed E-state index contributed by atoms with van der Waals surface area (Å²) in [6.07, 6.45) is 5.10. The molecule has 166 valence electrons. The van der Waals surface area contributed by atoms with E-state index >= 15 is 0 Å². The first kappa shape index (κ1) is 21.4. The van der Waals surface area contributed by atoms with Crippen molar-refractivity contribution in [3.05, 3.63) is 78.8 Å². The number of likely N-dealkylation sites (N-methyl/N-ethyl adjacent to an activating group) is 1. The average molecular weight is 469 g/mol. The van der Waals surface area contributed by atoms with Crippen LogP contribution in [0.3, 0.4) is 0 Å². The molecule has 0 saturated heterocycles. The minimum Gasteiger partial charge on any atom is -0.298 e. The van der Waals surface area contributed by atoms with E-state index in [1.807, 2.05) is 13.0 Å². The highest BCUT2D eigenvalue weighted by molar-refractivity contribution is 7.18. The van der Waals surface area contributed by atoms with Gasteiger partial charge in [-0.05, 0) is 62.9 Å². The first-order valence-corrected chi connectivity index (χ1v) is 12.5. The van der Waals surface area contributed by atoms with Gasteiger partial charge in [-0.3, -0.25) is 14.3 Å². The summed E-state index contributed by atoms with van der Waals surface area (Å²) >= 11 is 3.35. The summed E-state index contributed by atoms with van der Waals surface area (Å²) in [6.45, 7) is 3.38. The Balaban J connectivity index is 1.35. The second kappa shape index (κ2) is 8.84. The number of thiazole rings is 1. The summed E-state index contributed by atoms with van der Waals surface area (Å²) < 4.78 is 15.1. The monoisotopic (exact) mass is 468 g/mol. The number of hydrogen-bond donors (Lipinski definition) is 0. The topological polar surface area (TPSA) is 51.0 Å². The number of thiophene rings is 1. The fourth-order valence-electron chi connectivity index (χ4n) is 4.53. The molecular weight excluding hydrogens is 443 g/mol. The van der Waals surface area contributed by atoms with E-state index in [1.165, 1.54) is 22.6 Å². The lowest BCUT2D eigenvalue weighted by Crippen LogP contribution is -2.35. The van der Waals surface area contributed by atoms with Crippen LogP contribution in [0.2, 0.25) is 0 Å². The van der Waals surface area contributed by atoms with Crippen molar-refractivity contribution in [3.63, 3.8) is 0 Å². The second-order valence-corrected chi connectivity index (χ2v) is 10.6. The van der Waals surface area contributed by atoms with Crippen LogP contribution < -0.4 is 5.56 Å². The van der Waals surface area contributed by atoms with Gasteiger partial charge in [0.1, 0.15) is 10.6 Å². The number of aromatic nitrogens is 3. The molecule has 1 aliphatic carbocycles. The molecule has 5 nitrogen and oxygen atoms in total. The van der Waals surface area contributed by atoms with Crippen molar-refractivity contribution in [2.75, 3.05) is 7.05 Å². The van der Waals surface area contributed by atoms with Crippen molar-refractivity contribution in [2.24, 2.45) is 0 Å². The quantitative estimate of drug-likeness (QED) is 0.415. The molecular formula is C24H25FN4OS2. The Morgan fingerprint density at radius 1 is 1.34 bits per heavy atom. The maximum absolute atomic E-state index is 13.5. The third kappa shape index (κ3) is 4.27. The molecule has 3 aromatic heterocycles. The molecule has 0 N–H and O–H groups in total. The van der Waals surface area contributed by atoms with Crippen LogP contribution in [-0.2, 0) is 32.4 Å². The zero-order valence-corrected chi connectivity index (χ0v) is 19.8. The molecule has 4 aromatic rings. The lowest BCUT2D eigenvalue weighted by Gasteiger charge is -2.30. The van der Waals surface area contributed by atoms with Crippen molar-refractivity contribution >= 4 is 32.9 Å². The van der Waals surface area contributed by atoms with E-state index in [0.29, 0.717) is 19.0 Å². The van der Waals surface area contributed by atoms with Gasteiger partial charge in [-0.15, -0.1) is 22.7 Å². The maximum atomic E-state index is 13.5.